The number of nitrogens with zero attached hydrogens (tertiary/aromatic N) is 6. The van der Waals surface area contributed by atoms with Crippen molar-refractivity contribution in [1.29, 1.82) is 0 Å². The van der Waals surface area contributed by atoms with Crippen molar-refractivity contribution in [2.24, 2.45) is 5.92 Å². The van der Waals surface area contributed by atoms with Gasteiger partial charge in [-0.15, -0.1) is 25.1 Å². The van der Waals surface area contributed by atoms with Gasteiger partial charge in [-0.05, 0) is 51.9 Å². The fraction of sp³-hybridized carbons (Fsp3) is 0.333. The number of amides is 1. The van der Waals surface area contributed by atoms with Gasteiger partial charge in [-0.2, -0.15) is 0 Å². The Kier molecular flexibility index (Phi) is 12.1. The molecule has 0 fully saturated rings. The van der Waals surface area contributed by atoms with Gasteiger partial charge in [0.25, 0.3) is 5.09 Å². The Bertz CT molecular complexity index is 1710. The molecule has 252 valence electrons. The molecule has 4 rings (SSSR count). The van der Waals surface area contributed by atoms with Gasteiger partial charge in [-0.3, -0.25) is 4.79 Å². The van der Waals surface area contributed by atoms with E-state index in [1.165, 1.54) is 29.2 Å². The average Bonchev–Trinajstić information content (AvgIpc) is 3.54. The Morgan fingerprint density at radius 1 is 0.979 bits per heavy atom. The van der Waals surface area contributed by atoms with Crippen LogP contribution in [0.15, 0.2) is 72.8 Å². The molecule has 15 heteroatoms. The molecule has 0 aliphatic heterocycles. The lowest BCUT2D eigenvalue weighted by Crippen LogP contribution is -2.47. The minimum Gasteiger partial charge on any atom is -0.480 e. The fourth-order valence-corrected chi connectivity index (χ4v) is 4.93. The molecule has 0 radical (unpaired) electrons. The number of benzene rings is 3. The summed E-state index contributed by atoms with van der Waals surface area (Å²) >= 11 is 0. The third kappa shape index (κ3) is 9.57. The first-order valence-corrected chi connectivity index (χ1v) is 15.2. The molecule has 1 N–H and O–H groups in total. The number of ether oxygens (including phenoxy) is 2. The number of carbonyl (C=O) groups excluding carboxylic acids is 2. The molecule has 0 spiro atoms. The molecule has 1 amide bonds. The second kappa shape index (κ2) is 16.6. The molecule has 48 heavy (non-hydrogen) atoms. The molecule has 0 bridgehead atoms. The van der Waals surface area contributed by atoms with Gasteiger partial charge in [0, 0.05) is 18.5 Å². The Morgan fingerprint density at radius 2 is 1.65 bits per heavy atom. The van der Waals surface area contributed by atoms with E-state index in [4.69, 9.17) is 9.47 Å². The van der Waals surface area contributed by atoms with Crippen molar-refractivity contribution in [3.63, 3.8) is 0 Å². The van der Waals surface area contributed by atoms with E-state index in [0.717, 1.165) is 27.9 Å². The largest absolute Gasteiger partial charge is 0.515 e. The number of carbonyl (C=O) groups is 3. The predicted molar refractivity (Wildman–Crippen MR) is 170 cm³/mol. The summed E-state index contributed by atoms with van der Waals surface area (Å²) in [5.41, 5.74) is 3.61. The van der Waals surface area contributed by atoms with Crippen molar-refractivity contribution in [2.45, 2.75) is 66.0 Å². The Labute approximate surface area is 276 Å². The molecule has 3 aromatic carbocycles. The van der Waals surface area contributed by atoms with Crippen LogP contribution in [-0.2, 0) is 39.0 Å². The second-order valence-electron chi connectivity index (χ2n) is 11.1. The quantitative estimate of drug-likeness (QED) is 0.0687. The number of hydrogen-bond acceptors (Lipinski definition) is 11. The summed E-state index contributed by atoms with van der Waals surface area (Å²) in [6, 6.07) is 19.9. The monoisotopic (exact) mass is 660 g/mol. The number of hydrogen-bond donors (Lipinski definition) is 1. The minimum atomic E-state index is -1.03. The maximum absolute atomic E-state index is 13.0. The normalized spacial score (nSPS) is 11.5. The molecule has 0 aliphatic carbocycles. The SMILES string of the molecule is CCCCC(=O)N(Cc1ccc(-c2ccccc2-c2nnn(COC(=O)Oc3ccc(CO[N+](=O)[O-])cc3)n2)cc1)[C@@H](C(=O)O)C(C)C. The number of rotatable bonds is 16. The van der Waals surface area contributed by atoms with E-state index in [9.17, 15) is 29.6 Å². The first-order valence-electron chi connectivity index (χ1n) is 15.2. The molecule has 4 aromatic rings. The summed E-state index contributed by atoms with van der Waals surface area (Å²) in [7, 11) is 0. The first kappa shape index (κ1) is 35.0. The molecular weight excluding hydrogens is 624 g/mol. The van der Waals surface area contributed by atoms with Gasteiger partial charge in [-0.25, -0.2) is 9.59 Å². The Hall–Kier alpha value is -5.86. The van der Waals surface area contributed by atoms with Crippen LogP contribution in [0.2, 0.25) is 0 Å². The summed E-state index contributed by atoms with van der Waals surface area (Å²) in [4.78, 5) is 54.5. The number of tetrazole rings is 1. The number of aliphatic carboxylic acids is 1. The van der Waals surface area contributed by atoms with E-state index in [-0.39, 0.29) is 49.7 Å². The van der Waals surface area contributed by atoms with E-state index in [0.29, 0.717) is 17.5 Å². The molecule has 1 aromatic heterocycles. The van der Waals surface area contributed by atoms with Crippen LogP contribution in [0.3, 0.4) is 0 Å². The van der Waals surface area contributed by atoms with E-state index in [2.05, 4.69) is 20.2 Å². The van der Waals surface area contributed by atoms with Crippen molar-refractivity contribution >= 4 is 18.0 Å². The summed E-state index contributed by atoms with van der Waals surface area (Å²) in [5, 5.41) is 31.7. The highest BCUT2D eigenvalue weighted by Crippen LogP contribution is 2.30. The van der Waals surface area contributed by atoms with Gasteiger partial charge in [0.15, 0.2) is 0 Å². The highest BCUT2D eigenvalue weighted by Gasteiger charge is 2.32. The lowest BCUT2D eigenvalue weighted by atomic mass is 9.97. The molecule has 0 aliphatic rings. The van der Waals surface area contributed by atoms with E-state index in [1.54, 1.807) is 13.8 Å². The maximum atomic E-state index is 13.0. The van der Waals surface area contributed by atoms with Crippen molar-refractivity contribution in [2.75, 3.05) is 0 Å². The molecule has 0 unspecified atom stereocenters. The molecular formula is C33H36N6O9. The van der Waals surface area contributed by atoms with Gasteiger partial charge < -0.3 is 24.3 Å². The van der Waals surface area contributed by atoms with E-state index in [1.807, 2.05) is 55.5 Å². The summed E-state index contributed by atoms with van der Waals surface area (Å²) in [6.07, 6.45) is 0.792. The molecule has 1 atom stereocenters. The van der Waals surface area contributed by atoms with Crippen LogP contribution >= 0.6 is 0 Å². The smallest absolute Gasteiger partial charge is 0.480 e. The number of carboxylic acids is 1. The van der Waals surface area contributed by atoms with Crippen molar-refractivity contribution in [3.8, 4) is 28.3 Å². The highest BCUT2D eigenvalue weighted by atomic mass is 16.9. The standard InChI is InChI=1S/C33H36N6O9/c1-4-5-10-29(40)37(30(22(2)3)32(41)42)19-23-11-15-25(16-12-23)27-8-6-7-9-28(27)31-34-36-38(35-31)21-46-33(43)48-26-17-13-24(14-18-26)20-47-39(44)45/h6-9,11-18,22,30H,4-5,10,19-21H2,1-3H3,(H,41,42)/t30-/m1/s1. The summed E-state index contributed by atoms with van der Waals surface area (Å²) in [5.74, 6) is -1.03. The average molecular weight is 661 g/mol. The Morgan fingerprint density at radius 3 is 2.27 bits per heavy atom. The van der Waals surface area contributed by atoms with Crippen LogP contribution < -0.4 is 4.74 Å². The van der Waals surface area contributed by atoms with Crippen LogP contribution in [0, 0.1) is 16.0 Å². The Balaban J connectivity index is 1.42. The van der Waals surface area contributed by atoms with Crippen molar-refractivity contribution < 1.29 is 38.9 Å². The molecule has 15 nitrogen and oxygen atoms in total. The maximum Gasteiger partial charge on any atom is 0.515 e. The lowest BCUT2D eigenvalue weighted by Gasteiger charge is -2.32. The van der Waals surface area contributed by atoms with Crippen molar-refractivity contribution in [1.82, 2.24) is 25.1 Å². The first-order chi connectivity index (χ1) is 23.0. The number of carboxylic acid groups (broad SMARTS) is 1. The molecule has 0 saturated carbocycles. The fourth-order valence-electron chi connectivity index (χ4n) is 4.93. The van der Waals surface area contributed by atoms with Crippen LogP contribution in [0.4, 0.5) is 4.79 Å². The third-order valence-electron chi connectivity index (χ3n) is 7.28. The van der Waals surface area contributed by atoms with Gasteiger partial charge in [0.1, 0.15) is 18.4 Å². The summed E-state index contributed by atoms with van der Waals surface area (Å²) in [6.45, 7) is 5.13. The van der Waals surface area contributed by atoms with Gasteiger partial charge in [0.05, 0.1) is 0 Å². The van der Waals surface area contributed by atoms with Gasteiger partial charge in [0.2, 0.25) is 18.5 Å². The predicted octanol–water partition coefficient (Wildman–Crippen LogP) is 5.52. The van der Waals surface area contributed by atoms with Gasteiger partial charge >= 0.3 is 12.1 Å². The topological polar surface area (TPSA) is 189 Å². The highest BCUT2D eigenvalue weighted by molar-refractivity contribution is 5.84. The van der Waals surface area contributed by atoms with Gasteiger partial charge in [-0.1, -0.05) is 87.9 Å². The van der Waals surface area contributed by atoms with Crippen LogP contribution in [0.1, 0.15) is 51.2 Å². The number of unbranched alkanes of at least 4 members (excludes halogenated alkanes) is 1. The van der Waals surface area contributed by atoms with Crippen LogP contribution in [0.25, 0.3) is 22.5 Å². The number of aromatic nitrogens is 4. The zero-order valence-corrected chi connectivity index (χ0v) is 26.7. The zero-order valence-electron chi connectivity index (χ0n) is 26.7. The lowest BCUT2D eigenvalue weighted by molar-refractivity contribution is -0.763. The molecule has 0 saturated heterocycles. The van der Waals surface area contributed by atoms with E-state index >= 15 is 0 Å². The third-order valence-corrected chi connectivity index (χ3v) is 7.28. The van der Waals surface area contributed by atoms with Crippen LogP contribution in [0.5, 0.6) is 5.75 Å². The molecule has 1 heterocycles. The van der Waals surface area contributed by atoms with Crippen LogP contribution in [-0.4, -0.2) is 59.4 Å². The van der Waals surface area contributed by atoms with Crippen molar-refractivity contribution in [3.05, 3.63) is 94.0 Å². The summed E-state index contributed by atoms with van der Waals surface area (Å²) < 4.78 is 10.2. The zero-order chi connectivity index (χ0) is 34.6. The second-order valence-corrected chi connectivity index (χ2v) is 11.1. The minimum absolute atomic E-state index is 0.162. The van der Waals surface area contributed by atoms with E-state index < -0.39 is 23.3 Å².